The van der Waals surface area contributed by atoms with Gasteiger partial charge in [-0.3, -0.25) is 4.79 Å². The molecule has 1 amide bonds. The Morgan fingerprint density at radius 1 is 1.00 bits per heavy atom. The number of nitrogens with one attached hydrogen (secondary N) is 2. The van der Waals surface area contributed by atoms with Crippen LogP contribution >= 0.6 is 22.9 Å². The molecule has 166 valence electrons. The van der Waals surface area contributed by atoms with E-state index in [-0.39, 0.29) is 5.91 Å². The molecule has 1 aromatic heterocycles. The number of carbonyl (C=O) groups is 2. The van der Waals surface area contributed by atoms with E-state index in [4.69, 9.17) is 16.3 Å². The number of anilines is 3. The first-order valence-electron chi connectivity index (χ1n) is 10.2. The zero-order chi connectivity index (χ0) is 23.2. The largest absolute Gasteiger partial charge is 0.462 e. The second-order valence-corrected chi connectivity index (χ2v) is 8.23. The molecule has 0 saturated carbocycles. The molecule has 0 unspecified atom stereocenters. The second-order valence-electron chi connectivity index (χ2n) is 6.94. The van der Waals surface area contributed by atoms with Gasteiger partial charge in [0.2, 0.25) is 0 Å². The van der Waals surface area contributed by atoms with E-state index in [2.05, 4.69) is 15.6 Å². The van der Waals surface area contributed by atoms with Crippen molar-refractivity contribution in [1.29, 1.82) is 0 Å². The number of aromatic nitrogens is 1. The molecule has 0 aliphatic carbocycles. The highest BCUT2D eigenvalue weighted by molar-refractivity contribution is 7.14. The normalized spacial score (nSPS) is 10.5. The minimum Gasteiger partial charge on any atom is -0.462 e. The smallest absolute Gasteiger partial charge is 0.338 e. The maximum Gasteiger partial charge on any atom is 0.338 e. The first-order chi connectivity index (χ1) is 16.0. The van der Waals surface area contributed by atoms with Crippen LogP contribution in [0.5, 0.6) is 0 Å². The number of carbonyl (C=O) groups excluding carboxylic acids is 2. The third kappa shape index (κ3) is 5.39. The van der Waals surface area contributed by atoms with Crippen LogP contribution in [0.1, 0.15) is 27.6 Å². The zero-order valence-corrected chi connectivity index (χ0v) is 19.2. The molecule has 4 rings (SSSR count). The van der Waals surface area contributed by atoms with Gasteiger partial charge in [-0.25, -0.2) is 9.78 Å². The average molecular weight is 478 g/mol. The molecule has 0 bridgehead atoms. The van der Waals surface area contributed by atoms with Crippen molar-refractivity contribution in [1.82, 2.24) is 4.98 Å². The van der Waals surface area contributed by atoms with Crippen LogP contribution in [0, 0.1) is 0 Å². The highest BCUT2D eigenvalue weighted by atomic mass is 35.5. The molecule has 0 spiro atoms. The maximum absolute atomic E-state index is 12.9. The van der Waals surface area contributed by atoms with Crippen LogP contribution in [0.25, 0.3) is 11.3 Å². The SMILES string of the molecule is CCOC(=O)c1ccccc1-c1csc(Nc2ccccc2C(=O)Nc2cccc(Cl)c2)n1. The van der Waals surface area contributed by atoms with Gasteiger partial charge in [-0.05, 0) is 43.3 Å². The number of benzene rings is 3. The third-order valence-electron chi connectivity index (χ3n) is 4.70. The van der Waals surface area contributed by atoms with Crippen LogP contribution in [0.4, 0.5) is 16.5 Å². The number of hydrogen-bond donors (Lipinski definition) is 2. The van der Waals surface area contributed by atoms with Crippen molar-refractivity contribution >= 4 is 51.3 Å². The Hall–Kier alpha value is -3.68. The Morgan fingerprint density at radius 2 is 1.76 bits per heavy atom. The topological polar surface area (TPSA) is 80.3 Å². The summed E-state index contributed by atoms with van der Waals surface area (Å²) in [7, 11) is 0. The predicted octanol–water partition coefficient (Wildman–Crippen LogP) is 6.64. The molecule has 0 aliphatic rings. The Kier molecular flexibility index (Phi) is 7.02. The molecule has 8 heteroatoms. The van der Waals surface area contributed by atoms with E-state index in [1.165, 1.54) is 11.3 Å². The molecule has 2 N–H and O–H groups in total. The fourth-order valence-corrected chi connectivity index (χ4v) is 4.13. The molecule has 3 aromatic carbocycles. The molecule has 1 heterocycles. The van der Waals surface area contributed by atoms with E-state index in [0.717, 1.165) is 0 Å². The standard InChI is InChI=1S/C25H20ClN3O3S/c1-2-32-24(31)19-11-4-3-10-18(19)22-15-33-25(29-22)28-21-13-6-5-12-20(21)23(30)27-17-9-7-8-16(26)14-17/h3-15H,2H2,1H3,(H,27,30)(H,28,29). The van der Waals surface area contributed by atoms with Gasteiger partial charge < -0.3 is 15.4 Å². The average Bonchev–Trinajstić information content (AvgIpc) is 3.28. The van der Waals surface area contributed by atoms with Crippen molar-refractivity contribution in [3.8, 4) is 11.3 Å². The monoisotopic (exact) mass is 477 g/mol. The van der Waals surface area contributed by atoms with Gasteiger partial charge in [-0.2, -0.15) is 0 Å². The van der Waals surface area contributed by atoms with Gasteiger partial charge in [0.25, 0.3) is 5.91 Å². The number of nitrogens with zero attached hydrogens (tertiary/aromatic N) is 1. The van der Waals surface area contributed by atoms with Crippen LogP contribution in [0.2, 0.25) is 5.02 Å². The molecular weight excluding hydrogens is 458 g/mol. The third-order valence-corrected chi connectivity index (χ3v) is 5.69. The molecule has 4 aromatic rings. The van der Waals surface area contributed by atoms with Crippen molar-refractivity contribution in [2.45, 2.75) is 6.92 Å². The number of thiazole rings is 1. The lowest BCUT2D eigenvalue weighted by atomic mass is 10.1. The Balaban J connectivity index is 1.57. The van der Waals surface area contributed by atoms with Gasteiger partial charge in [0, 0.05) is 21.7 Å². The van der Waals surface area contributed by atoms with Gasteiger partial charge >= 0.3 is 5.97 Å². The second kappa shape index (κ2) is 10.3. The van der Waals surface area contributed by atoms with Crippen LogP contribution in [-0.2, 0) is 4.74 Å². The van der Waals surface area contributed by atoms with Crippen molar-refractivity contribution < 1.29 is 14.3 Å². The number of esters is 1. The predicted molar refractivity (Wildman–Crippen MR) is 133 cm³/mol. The van der Waals surface area contributed by atoms with E-state index in [0.29, 0.717) is 50.5 Å². The van der Waals surface area contributed by atoms with Crippen molar-refractivity contribution in [3.63, 3.8) is 0 Å². The fraction of sp³-hybridized carbons (Fsp3) is 0.0800. The summed E-state index contributed by atoms with van der Waals surface area (Å²) in [6, 6.07) is 21.3. The van der Waals surface area contributed by atoms with E-state index in [1.807, 2.05) is 23.6 Å². The summed E-state index contributed by atoms with van der Waals surface area (Å²) in [6.45, 7) is 2.07. The summed E-state index contributed by atoms with van der Waals surface area (Å²) in [5, 5.41) is 9.06. The molecule has 0 aliphatic heterocycles. The van der Waals surface area contributed by atoms with Crippen molar-refractivity contribution in [2.24, 2.45) is 0 Å². The molecule has 6 nitrogen and oxygen atoms in total. The Bertz CT molecular complexity index is 1310. The summed E-state index contributed by atoms with van der Waals surface area (Å²) in [4.78, 5) is 29.8. The summed E-state index contributed by atoms with van der Waals surface area (Å²) in [5.41, 5.74) is 3.46. The summed E-state index contributed by atoms with van der Waals surface area (Å²) >= 11 is 7.39. The minimum absolute atomic E-state index is 0.273. The first kappa shape index (κ1) is 22.5. The van der Waals surface area contributed by atoms with Crippen molar-refractivity contribution in [2.75, 3.05) is 17.2 Å². The molecule has 0 fully saturated rings. The van der Waals surface area contributed by atoms with E-state index in [1.54, 1.807) is 61.5 Å². The molecule has 0 saturated heterocycles. The molecule has 0 atom stereocenters. The maximum atomic E-state index is 12.9. The van der Waals surface area contributed by atoms with Gasteiger partial charge in [-0.1, -0.05) is 48.0 Å². The lowest BCUT2D eigenvalue weighted by Gasteiger charge is -2.11. The zero-order valence-electron chi connectivity index (χ0n) is 17.7. The number of hydrogen-bond acceptors (Lipinski definition) is 6. The molecule has 33 heavy (non-hydrogen) atoms. The number of amides is 1. The lowest BCUT2D eigenvalue weighted by Crippen LogP contribution is -2.13. The first-order valence-corrected chi connectivity index (χ1v) is 11.5. The van der Waals surface area contributed by atoms with E-state index < -0.39 is 5.97 Å². The van der Waals surface area contributed by atoms with E-state index in [9.17, 15) is 9.59 Å². The van der Waals surface area contributed by atoms with Crippen LogP contribution in [0.3, 0.4) is 0 Å². The van der Waals surface area contributed by atoms with Gasteiger partial charge in [0.1, 0.15) is 0 Å². The van der Waals surface area contributed by atoms with Crippen LogP contribution < -0.4 is 10.6 Å². The number of para-hydroxylation sites is 1. The summed E-state index contributed by atoms with van der Waals surface area (Å²) in [5.74, 6) is -0.663. The number of rotatable bonds is 7. The number of ether oxygens (including phenoxy) is 1. The molecular formula is C25H20ClN3O3S. The highest BCUT2D eigenvalue weighted by Gasteiger charge is 2.17. The van der Waals surface area contributed by atoms with E-state index >= 15 is 0 Å². The van der Waals surface area contributed by atoms with Gasteiger partial charge in [0.05, 0.1) is 29.1 Å². The molecule has 0 radical (unpaired) electrons. The summed E-state index contributed by atoms with van der Waals surface area (Å²) in [6.07, 6.45) is 0. The lowest BCUT2D eigenvalue weighted by molar-refractivity contribution is 0.0527. The van der Waals surface area contributed by atoms with Crippen LogP contribution in [0.15, 0.2) is 78.2 Å². The minimum atomic E-state index is -0.390. The Labute approximate surface area is 200 Å². The highest BCUT2D eigenvalue weighted by Crippen LogP contribution is 2.31. The quantitative estimate of drug-likeness (QED) is 0.292. The van der Waals surface area contributed by atoms with Gasteiger partial charge in [0.15, 0.2) is 5.13 Å². The fourth-order valence-electron chi connectivity index (χ4n) is 3.22. The van der Waals surface area contributed by atoms with Crippen LogP contribution in [-0.4, -0.2) is 23.5 Å². The van der Waals surface area contributed by atoms with Gasteiger partial charge in [-0.15, -0.1) is 11.3 Å². The summed E-state index contributed by atoms with van der Waals surface area (Å²) < 4.78 is 5.16. The number of halogens is 1. The van der Waals surface area contributed by atoms with Crippen molar-refractivity contribution in [3.05, 3.63) is 94.3 Å². The Morgan fingerprint density at radius 3 is 2.55 bits per heavy atom.